The van der Waals surface area contributed by atoms with Gasteiger partial charge in [0.05, 0.1) is 18.9 Å². The maximum atomic E-state index is 12.0. The Morgan fingerprint density at radius 2 is 2.36 bits per heavy atom. The largest absolute Gasteiger partial charge is 0.379 e. The number of nitrogens with zero attached hydrogens (tertiary/aromatic N) is 2. The van der Waals surface area contributed by atoms with Crippen LogP contribution in [0.2, 0.25) is 0 Å². The van der Waals surface area contributed by atoms with Crippen molar-refractivity contribution in [1.82, 2.24) is 15.2 Å². The second-order valence-corrected chi connectivity index (χ2v) is 6.84. The predicted molar refractivity (Wildman–Crippen MR) is 87.1 cm³/mol. The summed E-state index contributed by atoms with van der Waals surface area (Å²) in [5.74, 6) is 0.734. The van der Waals surface area contributed by atoms with Crippen LogP contribution in [-0.4, -0.2) is 55.2 Å². The summed E-state index contributed by atoms with van der Waals surface area (Å²) in [7, 11) is 0. The number of hydrogen-bond acceptors (Lipinski definition) is 6. The van der Waals surface area contributed by atoms with Gasteiger partial charge in [0, 0.05) is 31.4 Å². The molecule has 0 aromatic carbocycles. The van der Waals surface area contributed by atoms with E-state index in [0.717, 1.165) is 63.2 Å². The number of nitrogens with one attached hydrogen (secondary N) is 2. The van der Waals surface area contributed by atoms with Crippen molar-refractivity contribution in [2.24, 2.45) is 5.92 Å². The van der Waals surface area contributed by atoms with Crippen LogP contribution >= 0.6 is 11.3 Å². The molecule has 3 heterocycles. The third-order valence-electron chi connectivity index (χ3n) is 4.23. The minimum atomic E-state index is 0.0826. The summed E-state index contributed by atoms with van der Waals surface area (Å²) in [6.07, 6.45) is 2.74. The van der Waals surface area contributed by atoms with Crippen LogP contribution in [0.15, 0.2) is 5.38 Å². The smallest absolute Gasteiger partial charge is 0.226 e. The van der Waals surface area contributed by atoms with Crippen molar-refractivity contribution in [2.45, 2.75) is 25.8 Å². The Morgan fingerprint density at radius 1 is 1.50 bits per heavy atom. The van der Waals surface area contributed by atoms with Crippen LogP contribution in [0, 0.1) is 5.92 Å². The first kappa shape index (κ1) is 15.9. The fourth-order valence-electron chi connectivity index (χ4n) is 2.90. The van der Waals surface area contributed by atoms with Gasteiger partial charge in [0.2, 0.25) is 5.91 Å². The third kappa shape index (κ3) is 4.74. The first-order valence-corrected chi connectivity index (χ1v) is 8.92. The molecule has 122 valence electrons. The number of hydrogen-bond donors (Lipinski definition) is 2. The van der Waals surface area contributed by atoms with Crippen molar-refractivity contribution >= 4 is 22.4 Å². The lowest BCUT2D eigenvalue weighted by molar-refractivity contribution is -0.116. The van der Waals surface area contributed by atoms with Gasteiger partial charge in [-0.1, -0.05) is 0 Å². The summed E-state index contributed by atoms with van der Waals surface area (Å²) < 4.78 is 5.34. The van der Waals surface area contributed by atoms with Crippen molar-refractivity contribution < 1.29 is 9.53 Å². The number of aromatic nitrogens is 1. The molecule has 0 radical (unpaired) electrons. The second kappa shape index (κ2) is 8.01. The zero-order chi connectivity index (χ0) is 15.2. The van der Waals surface area contributed by atoms with Crippen LogP contribution in [0.4, 0.5) is 5.13 Å². The van der Waals surface area contributed by atoms with E-state index in [9.17, 15) is 4.79 Å². The molecule has 6 nitrogen and oxygen atoms in total. The SMILES string of the molecule is O=C(CCC1CCNC1)Nc1nc(CN2CCOCC2)cs1. The van der Waals surface area contributed by atoms with E-state index < -0.39 is 0 Å². The first-order chi connectivity index (χ1) is 10.8. The van der Waals surface area contributed by atoms with E-state index in [1.807, 2.05) is 5.38 Å². The average molecular weight is 324 g/mol. The lowest BCUT2D eigenvalue weighted by Gasteiger charge is -2.25. The Morgan fingerprint density at radius 3 is 3.14 bits per heavy atom. The number of carbonyl (C=O) groups excluding carboxylic acids is 1. The van der Waals surface area contributed by atoms with Gasteiger partial charge >= 0.3 is 0 Å². The van der Waals surface area contributed by atoms with Gasteiger partial charge in [-0.2, -0.15) is 0 Å². The lowest BCUT2D eigenvalue weighted by Crippen LogP contribution is -2.35. The summed E-state index contributed by atoms with van der Waals surface area (Å²) in [4.78, 5) is 18.8. The van der Waals surface area contributed by atoms with Crippen molar-refractivity contribution in [2.75, 3.05) is 44.7 Å². The topological polar surface area (TPSA) is 66.5 Å². The normalized spacial score (nSPS) is 22.8. The first-order valence-electron chi connectivity index (χ1n) is 8.04. The zero-order valence-corrected chi connectivity index (χ0v) is 13.7. The molecule has 1 aromatic heterocycles. The Balaban J connectivity index is 1.41. The van der Waals surface area contributed by atoms with Crippen LogP contribution in [0.1, 0.15) is 25.0 Å². The third-order valence-corrected chi connectivity index (χ3v) is 5.04. The number of anilines is 1. The maximum Gasteiger partial charge on any atom is 0.226 e. The van der Waals surface area contributed by atoms with E-state index in [2.05, 4.69) is 20.5 Å². The summed E-state index contributed by atoms with van der Waals surface area (Å²) >= 11 is 1.51. The van der Waals surface area contributed by atoms with Gasteiger partial charge in [0.1, 0.15) is 0 Å². The summed E-state index contributed by atoms with van der Waals surface area (Å²) in [6.45, 7) is 6.47. The van der Waals surface area contributed by atoms with E-state index in [4.69, 9.17) is 4.74 Å². The number of morpholine rings is 1. The fourth-order valence-corrected chi connectivity index (χ4v) is 3.62. The minimum absolute atomic E-state index is 0.0826. The molecule has 0 aliphatic carbocycles. The van der Waals surface area contributed by atoms with Crippen LogP contribution < -0.4 is 10.6 Å². The molecule has 0 bridgehead atoms. The van der Waals surface area contributed by atoms with Crippen molar-refractivity contribution in [1.29, 1.82) is 0 Å². The monoisotopic (exact) mass is 324 g/mol. The lowest BCUT2D eigenvalue weighted by atomic mass is 10.0. The van der Waals surface area contributed by atoms with Gasteiger partial charge in [-0.15, -0.1) is 11.3 Å². The van der Waals surface area contributed by atoms with E-state index in [0.29, 0.717) is 12.3 Å². The summed E-state index contributed by atoms with van der Waals surface area (Å²) in [5.41, 5.74) is 1.03. The molecule has 3 rings (SSSR count). The molecular formula is C15H24N4O2S. The molecule has 1 atom stereocenters. The second-order valence-electron chi connectivity index (χ2n) is 5.98. The number of ether oxygens (including phenoxy) is 1. The van der Waals surface area contributed by atoms with E-state index in [-0.39, 0.29) is 5.91 Å². The highest BCUT2D eigenvalue weighted by atomic mass is 32.1. The fraction of sp³-hybridized carbons (Fsp3) is 0.733. The molecule has 2 aliphatic rings. The standard InChI is InChI=1S/C15H24N4O2S/c20-14(2-1-12-3-4-16-9-12)18-15-17-13(11-22-15)10-19-5-7-21-8-6-19/h11-12,16H,1-10H2,(H,17,18,20). The summed E-state index contributed by atoms with van der Waals surface area (Å²) in [5, 5.41) is 9.01. The number of carbonyl (C=O) groups is 1. The van der Waals surface area contributed by atoms with Gasteiger partial charge in [-0.05, 0) is 31.8 Å². The van der Waals surface area contributed by atoms with E-state index in [1.165, 1.54) is 17.8 Å². The van der Waals surface area contributed by atoms with Crippen LogP contribution in [0.25, 0.3) is 0 Å². The van der Waals surface area contributed by atoms with Crippen LogP contribution in [0.5, 0.6) is 0 Å². The molecule has 7 heteroatoms. The molecule has 0 saturated carbocycles. The molecule has 2 aliphatic heterocycles. The number of rotatable bonds is 6. The highest BCUT2D eigenvalue weighted by Crippen LogP contribution is 2.19. The molecule has 22 heavy (non-hydrogen) atoms. The van der Waals surface area contributed by atoms with Crippen LogP contribution in [0.3, 0.4) is 0 Å². The Bertz CT molecular complexity index is 482. The molecule has 1 aromatic rings. The quantitative estimate of drug-likeness (QED) is 0.826. The molecule has 0 spiro atoms. The average Bonchev–Trinajstić information content (AvgIpc) is 3.18. The number of amides is 1. The molecule has 2 fully saturated rings. The predicted octanol–water partition coefficient (Wildman–Crippen LogP) is 1.30. The summed E-state index contributed by atoms with van der Waals surface area (Å²) in [6, 6.07) is 0. The van der Waals surface area contributed by atoms with Gasteiger partial charge in [-0.25, -0.2) is 4.98 Å². The van der Waals surface area contributed by atoms with Crippen molar-refractivity contribution in [3.63, 3.8) is 0 Å². The molecule has 2 saturated heterocycles. The molecule has 1 amide bonds. The highest BCUT2D eigenvalue weighted by molar-refractivity contribution is 7.13. The number of thiazole rings is 1. The van der Waals surface area contributed by atoms with Gasteiger partial charge in [-0.3, -0.25) is 9.69 Å². The van der Waals surface area contributed by atoms with E-state index >= 15 is 0 Å². The molecular weight excluding hydrogens is 300 g/mol. The van der Waals surface area contributed by atoms with Crippen molar-refractivity contribution in [3.05, 3.63) is 11.1 Å². The minimum Gasteiger partial charge on any atom is -0.379 e. The Kier molecular flexibility index (Phi) is 5.77. The Hall–Kier alpha value is -1.02. The van der Waals surface area contributed by atoms with Gasteiger partial charge in [0.15, 0.2) is 5.13 Å². The van der Waals surface area contributed by atoms with Gasteiger partial charge < -0.3 is 15.4 Å². The molecule has 1 unspecified atom stereocenters. The maximum absolute atomic E-state index is 12.0. The van der Waals surface area contributed by atoms with Gasteiger partial charge in [0.25, 0.3) is 0 Å². The highest BCUT2D eigenvalue weighted by Gasteiger charge is 2.17. The van der Waals surface area contributed by atoms with Crippen molar-refractivity contribution in [3.8, 4) is 0 Å². The van der Waals surface area contributed by atoms with Crippen LogP contribution in [-0.2, 0) is 16.1 Å². The zero-order valence-electron chi connectivity index (χ0n) is 12.8. The van der Waals surface area contributed by atoms with E-state index in [1.54, 1.807) is 0 Å². The molecule has 2 N–H and O–H groups in total. The Labute approximate surface area is 135 Å².